The van der Waals surface area contributed by atoms with Gasteiger partial charge in [0.25, 0.3) is 0 Å². The summed E-state index contributed by atoms with van der Waals surface area (Å²) in [5.41, 5.74) is 8.89. The summed E-state index contributed by atoms with van der Waals surface area (Å²) in [7, 11) is 0. The fourth-order valence-corrected chi connectivity index (χ4v) is 2.07. The van der Waals surface area contributed by atoms with Crippen LogP contribution in [0.15, 0.2) is 48.5 Å². The zero-order valence-corrected chi connectivity index (χ0v) is 10.9. The molecular formula is C15H16ClNO. The lowest BCUT2D eigenvalue weighted by molar-refractivity contribution is 0.147. The number of hydrogen-bond donors (Lipinski definition) is 2. The molecule has 0 heterocycles. The van der Waals surface area contributed by atoms with Crippen LogP contribution in [0.5, 0.6) is 0 Å². The van der Waals surface area contributed by atoms with Crippen LogP contribution in [-0.2, 0) is 0 Å². The minimum absolute atomic E-state index is 0.455. The minimum Gasteiger partial charge on any atom is -0.386 e. The number of rotatable bonds is 3. The summed E-state index contributed by atoms with van der Waals surface area (Å²) in [4.78, 5) is 0. The van der Waals surface area contributed by atoms with Crippen molar-refractivity contribution in [2.45, 2.75) is 19.1 Å². The highest BCUT2D eigenvalue weighted by Crippen LogP contribution is 2.28. The van der Waals surface area contributed by atoms with Gasteiger partial charge < -0.3 is 10.8 Å². The van der Waals surface area contributed by atoms with Crippen LogP contribution in [0.3, 0.4) is 0 Å². The average Bonchev–Trinajstić information content (AvgIpc) is 2.38. The van der Waals surface area contributed by atoms with Crippen LogP contribution in [-0.4, -0.2) is 5.11 Å². The number of hydrogen-bond acceptors (Lipinski definition) is 2. The molecule has 0 aliphatic carbocycles. The Kier molecular flexibility index (Phi) is 4.02. The molecule has 0 fully saturated rings. The van der Waals surface area contributed by atoms with Crippen molar-refractivity contribution in [3.8, 4) is 0 Å². The molecule has 2 rings (SSSR count). The number of benzene rings is 2. The van der Waals surface area contributed by atoms with Crippen LogP contribution in [0.1, 0.15) is 28.8 Å². The first kappa shape index (κ1) is 13.1. The van der Waals surface area contributed by atoms with Gasteiger partial charge in [0.05, 0.1) is 12.1 Å². The zero-order valence-electron chi connectivity index (χ0n) is 10.2. The summed E-state index contributed by atoms with van der Waals surface area (Å²) >= 11 is 5.91. The maximum Gasteiger partial charge on any atom is 0.0983 e. The van der Waals surface area contributed by atoms with Crippen molar-refractivity contribution in [2.75, 3.05) is 0 Å². The Hall–Kier alpha value is -1.35. The summed E-state index contributed by atoms with van der Waals surface area (Å²) in [5.74, 6) is 0. The molecule has 0 aliphatic rings. The molecule has 2 nitrogen and oxygen atoms in total. The molecule has 0 amide bonds. The van der Waals surface area contributed by atoms with Gasteiger partial charge in [-0.25, -0.2) is 0 Å². The molecule has 0 aliphatic heterocycles. The molecule has 2 aromatic carbocycles. The van der Waals surface area contributed by atoms with Crippen molar-refractivity contribution in [1.82, 2.24) is 0 Å². The SMILES string of the molecule is Cc1ccc(C(N)C(O)c2cccc(Cl)c2)cc1. The maximum atomic E-state index is 10.3. The van der Waals surface area contributed by atoms with E-state index in [2.05, 4.69) is 0 Å². The van der Waals surface area contributed by atoms with Gasteiger partial charge in [0.1, 0.15) is 0 Å². The van der Waals surface area contributed by atoms with Gasteiger partial charge in [-0.2, -0.15) is 0 Å². The van der Waals surface area contributed by atoms with Gasteiger partial charge in [-0.3, -0.25) is 0 Å². The smallest absolute Gasteiger partial charge is 0.0983 e. The summed E-state index contributed by atoms with van der Waals surface area (Å²) in [6.07, 6.45) is -0.758. The molecule has 0 radical (unpaired) electrons. The van der Waals surface area contributed by atoms with Crippen molar-refractivity contribution < 1.29 is 5.11 Å². The molecule has 3 heteroatoms. The fourth-order valence-electron chi connectivity index (χ4n) is 1.87. The van der Waals surface area contributed by atoms with Crippen molar-refractivity contribution in [1.29, 1.82) is 0 Å². The Morgan fingerprint density at radius 2 is 1.72 bits per heavy atom. The molecule has 3 N–H and O–H groups in total. The van der Waals surface area contributed by atoms with E-state index in [1.165, 1.54) is 5.56 Å². The average molecular weight is 262 g/mol. The Morgan fingerprint density at radius 1 is 1.06 bits per heavy atom. The molecule has 0 saturated heterocycles. The number of aliphatic hydroxyl groups excluding tert-OH is 1. The van der Waals surface area contributed by atoms with Crippen LogP contribution in [0.25, 0.3) is 0 Å². The van der Waals surface area contributed by atoms with Crippen LogP contribution in [0.2, 0.25) is 5.02 Å². The van der Waals surface area contributed by atoms with E-state index >= 15 is 0 Å². The number of nitrogens with two attached hydrogens (primary N) is 1. The van der Waals surface area contributed by atoms with Crippen molar-refractivity contribution in [3.05, 3.63) is 70.2 Å². The highest BCUT2D eigenvalue weighted by atomic mass is 35.5. The van der Waals surface area contributed by atoms with Crippen molar-refractivity contribution in [3.63, 3.8) is 0 Å². The molecular weight excluding hydrogens is 246 g/mol. The fraction of sp³-hybridized carbons (Fsp3) is 0.200. The van der Waals surface area contributed by atoms with E-state index in [4.69, 9.17) is 17.3 Å². The molecule has 18 heavy (non-hydrogen) atoms. The summed E-state index contributed by atoms with van der Waals surface area (Å²) in [6.45, 7) is 2.02. The van der Waals surface area contributed by atoms with Crippen molar-refractivity contribution in [2.24, 2.45) is 5.73 Å². The first-order valence-corrected chi connectivity index (χ1v) is 6.21. The molecule has 0 aromatic heterocycles. The van der Waals surface area contributed by atoms with E-state index in [0.29, 0.717) is 5.02 Å². The highest BCUT2D eigenvalue weighted by molar-refractivity contribution is 6.30. The van der Waals surface area contributed by atoms with Crippen LogP contribution < -0.4 is 5.73 Å². The largest absolute Gasteiger partial charge is 0.386 e. The second kappa shape index (κ2) is 5.53. The topological polar surface area (TPSA) is 46.2 Å². The number of halogens is 1. The lowest BCUT2D eigenvalue weighted by Gasteiger charge is -2.20. The van der Waals surface area contributed by atoms with Crippen molar-refractivity contribution >= 4 is 11.6 Å². The molecule has 0 saturated carbocycles. The highest BCUT2D eigenvalue weighted by Gasteiger charge is 2.18. The quantitative estimate of drug-likeness (QED) is 0.890. The summed E-state index contributed by atoms with van der Waals surface area (Å²) in [5, 5.41) is 10.9. The molecule has 0 spiro atoms. The third-order valence-corrected chi connectivity index (χ3v) is 3.23. The standard InChI is InChI=1S/C15H16ClNO/c1-10-5-7-11(8-6-10)14(17)15(18)12-3-2-4-13(16)9-12/h2-9,14-15,18H,17H2,1H3. The molecule has 2 atom stereocenters. The van der Waals surface area contributed by atoms with Crippen LogP contribution in [0.4, 0.5) is 0 Å². The maximum absolute atomic E-state index is 10.3. The Balaban J connectivity index is 2.23. The lowest BCUT2D eigenvalue weighted by Crippen LogP contribution is -2.19. The third kappa shape index (κ3) is 2.91. The van der Waals surface area contributed by atoms with E-state index in [1.807, 2.05) is 43.3 Å². The van der Waals surface area contributed by atoms with E-state index in [-0.39, 0.29) is 0 Å². The van der Waals surface area contributed by atoms with E-state index in [9.17, 15) is 5.11 Å². The van der Waals surface area contributed by atoms with Crippen LogP contribution in [0, 0.1) is 6.92 Å². The minimum atomic E-state index is -0.758. The monoisotopic (exact) mass is 261 g/mol. The Bertz CT molecular complexity index is 524. The Labute approximate surface area is 112 Å². The summed E-state index contributed by atoms with van der Waals surface area (Å²) in [6, 6.07) is 14.5. The third-order valence-electron chi connectivity index (χ3n) is 2.99. The van der Waals surface area contributed by atoms with Gasteiger partial charge in [-0.05, 0) is 30.2 Å². The van der Waals surface area contributed by atoms with Gasteiger partial charge in [0.2, 0.25) is 0 Å². The molecule has 94 valence electrons. The first-order chi connectivity index (χ1) is 8.58. The predicted octanol–water partition coefficient (Wildman–Crippen LogP) is 3.38. The van der Waals surface area contributed by atoms with Gasteiger partial charge in [-0.1, -0.05) is 53.6 Å². The van der Waals surface area contributed by atoms with Gasteiger partial charge in [-0.15, -0.1) is 0 Å². The normalized spacial score (nSPS) is 14.2. The number of aliphatic hydroxyl groups is 1. The van der Waals surface area contributed by atoms with Gasteiger partial charge in [0.15, 0.2) is 0 Å². The Morgan fingerprint density at radius 3 is 2.33 bits per heavy atom. The van der Waals surface area contributed by atoms with Crippen LogP contribution >= 0.6 is 11.6 Å². The van der Waals surface area contributed by atoms with E-state index in [1.54, 1.807) is 12.1 Å². The van der Waals surface area contributed by atoms with Gasteiger partial charge >= 0.3 is 0 Å². The molecule has 2 aromatic rings. The number of aryl methyl sites for hydroxylation is 1. The lowest BCUT2D eigenvalue weighted by atomic mass is 9.96. The zero-order chi connectivity index (χ0) is 13.1. The second-order valence-electron chi connectivity index (χ2n) is 4.44. The second-order valence-corrected chi connectivity index (χ2v) is 4.87. The molecule has 2 unspecified atom stereocenters. The van der Waals surface area contributed by atoms with E-state index < -0.39 is 12.1 Å². The predicted molar refractivity (Wildman–Crippen MR) is 74.5 cm³/mol. The molecule has 0 bridgehead atoms. The van der Waals surface area contributed by atoms with E-state index in [0.717, 1.165) is 11.1 Å². The first-order valence-electron chi connectivity index (χ1n) is 5.83. The summed E-state index contributed by atoms with van der Waals surface area (Å²) < 4.78 is 0. The van der Waals surface area contributed by atoms with Gasteiger partial charge in [0, 0.05) is 5.02 Å².